The minimum atomic E-state index is -0.141. The molecule has 0 radical (unpaired) electrons. The molecule has 2 aromatic carbocycles. The molecule has 0 aliphatic carbocycles. The molecular weight excluding hydrogens is 261 g/mol. The van der Waals surface area contributed by atoms with Crippen LogP contribution in [0, 0.1) is 5.82 Å². The molecule has 0 spiro atoms. The Labute approximate surface area is 118 Å². The van der Waals surface area contributed by atoms with Crippen molar-refractivity contribution in [2.24, 2.45) is 0 Å². The SMILES string of the molecule is CNCC(Cc1ccccc1F)c1ccc(Cl)cc1. The Kier molecular flexibility index (Phi) is 4.94. The van der Waals surface area contributed by atoms with E-state index in [0.29, 0.717) is 6.42 Å². The van der Waals surface area contributed by atoms with Crippen LogP contribution in [0.4, 0.5) is 4.39 Å². The monoisotopic (exact) mass is 277 g/mol. The van der Waals surface area contributed by atoms with Gasteiger partial charge in [-0.25, -0.2) is 4.39 Å². The van der Waals surface area contributed by atoms with E-state index in [-0.39, 0.29) is 11.7 Å². The lowest BCUT2D eigenvalue weighted by atomic mass is 9.91. The van der Waals surface area contributed by atoms with Gasteiger partial charge >= 0.3 is 0 Å². The van der Waals surface area contributed by atoms with Gasteiger partial charge in [0.25, 0.3) is 0 Å². The molecule has 0 amide bonds. The Morgan fingerprint density at radius 2 is 1.79 bits per heavy atom. The van der Waals surface area contributed by atoms with E-state index in [0.717, 1.165) is 17.1 Å². The third-order valence-electron chi connectivity index (χ3n) is 3.22. The standard InChI is InChI=1S/C16H17ClFN/c1-19-11-14(12-6-8-15(17)9-7-12)10-13-4-2-3-5-16(13)18/h2-9,14,19H,10-11H2,1H3. The van der Waals surface area contributed by atoms with Gasteiger partial charge in [0, 0.05) is 17.5 Å². The molecule has 100 valence electrons. The molecule has 0 aromatic heterocycles. The van der Waals surface area contributed by atoms with E-state index in [2.05, 4.69) is 5.32 Å². The number of hydrogen-bond donors (Lipinski definition) is 1. The fraction of sp³-hybridized carbons (Fsp3) is 0.250. The first-order chi connectivity index (χ1) is 9.20. The van der Waals surface area contributed by atoms with Gasteiger partial charge < -0.3 is 5.32 Å². The van der Waals surface area contributed by atoms with Gasteiger partial charge in [0.2, 0.25) is 0 Å². The second-order valence-electron chi connectivity index (χ2n) is 4.60. The third kappa shape index (κ3) is 3.79. The van der Waals surface area contributed by atoms with E-state index in [1.165, 1.54) is 11.6 Å². The predicted molar refractivity (Wildman–Crippen MR) is 78.2 cm³/mol. The maximum Gasteiger partial charge on any atom is 0.126 e. The number of halogens is 2. The highest BCUT2D eigenvalue weighted by atomic mass is 35.5. The van der Waals surface area contributed by atoms with Crippen LogP contribution in [0.25, 0.3) is 0 Å². The van der Waals surface area contributed by atoms with Crippen molar-refractivity contribution in [3.63, 3.8) is 0 Å². The lowest BCUT2D eigenvalue weighted by molar-refractivity contribution is 0.574. The van der Waals surface area contributed by atoms with E-state index in [1.54, 1.807) is 6.07 Å². The van der Waals surface area contributed by atoms with Crippen LogP contribution < -0.4 is 5.32 Å². The highest BCUT2D eigenvalue weighted by Crippen LogP contribution is 2.23. The van der Waals surface area contributed by atoms with Gasteiger partial charge in [-0.3, -0.25) is 0 Å². The second kappa shape index (κ2) is 6.69. The summed E-state index contributed by atoms with van der Waals surface area (Å²) >= 11 is 5.90. The first-order valence-electron chi connectivity index (χ1n) is 6.34. The zero-order valence-electron chi connectivity index (χ0n) is 10.9. The van der Waals surface area contributed by atoms with Crippen LogP contribution in [0.15, 0.2) is 48.5 Å². The average molecular weight is 278 g/mol. The number of hydrogen-bond acceptors (Lipinski definition) is 1. The lowest BCUT2D eigenvalue weighted by Crippen LogP contribution is -2.19. The van der Waals surface area contributed by atoms with Crippen molar-refractivity contribution in [2.75, 3.05) is 13.6 Å². The highest BCUT2D eigenvalue weighted by Gasteiger charge is 2.13. The van der Waals surface area contributed by atoms with Crippen molar-refractivity contribution in [1.29, 1.82) is 0 Å². The molecule has 0 aliphatic heterocycles. The Hall–Kier alpha value is -1.38. The smallest absolute Gasteiger partial charge is 0.126 e. The molecule has 0 bridgehead atoms. The van der Waals surface area contributed by atoms with Crippen LogP contribution in [0.2, 0.25) is 5.02 Å². The summed E-state index contributed by atoms with van der Waals surface area (Å²) in [6, 6.07) is 14.7. The fourth-order valence-electron chi connectivity index (χ4n) is 2.22. The summed E-state index contributed by atoms with van der Waals surface area (Å²) in [4.78, 5) is 0. The maximum absolute atomic E-state index is 13.7. The molecule has 0 aliphatic rings. The molecule has 19 heavy (non-hydrogen) atoms. The van der Waals surface area contributed by atoms with Gasteiger partial charge in [0.05, 0.1) is 0 Å². The molecule has 0 fully saturated rings. The van der Waals surface area contributed by atoms with Crippen molar-refractivity contribution >= 4 is 11.6 Å². The zero-order valence-corrected chi connectivity index (χ0v) is 11.6. The lowest BCUT2D eigenvalue weighted by Gasteiger charge is -2.17. The first-order valence-corrected chi connectivity index (χ1v) is 6.72. The molecule has 0 heterocycles. The quantitative estimate of drug-likeness (QED) is 0.870. The first kappa shape index (κ1) is 14.0. The molecule has 3 heteroatoms. The molecule has 1 unspecified atom stereocenters. The third-order valence-corrected chi connectivity index (χ3v) is 3.47. The van der Waals surface area contributed by atoms with Gasteiger partial charge in [0.1, 0.15) is 5.82 Å². The van der Waals surface area contributed by atoms with Crippen LogP contribution in [0.3, 0.4) is 0 Å². The van der Waals surface area contributed by atoms with Crippen molar-refractivity contribution < 1.29 is 4.39 Å². The highest BCUT2D eigenvalue weighted by molar-refractivity contribution is 6.30. The summed E-state index contributed by atoms with van der Waals surface area (Å²) in [6.45, 7) is 0.802. The van der Waals surface area contributed by atoms with Crippen molar-refractivity contribution in [2.45, 2.75) is 12.3 Å². The van der Waals surface area contributed by atoms with Crippen molar-refractivity contribution in [1.82, 2.24) is 5.32 Å². The molecule has 0 saturated carbocycles. The van der Waals surface area contributed by atoms with E-state index >= 15 is 0 Å². The predicted octanol–water partition coefficient (Wildman–Crippen LogP) is 4.02. The van der Waals surface area contributed by atoms with Gasteiger partial charge in [-0.2, -0.15) is 0 Å². The van der Waals surface area contributed by atoms with Gasteiger partial charge in [-0.1, -0.05) is 41.9 Å². The molecular formula is C16H17ClFN. The van der Waals surface area contributed by atoms with E-state index < -0.39 is 0 Å². The molecule has 1 N–H and O–H groups in total. The summed E-state index contributed by atoms with van der Waals surface area (Å²) in [6.07, 6.45) is 0.676. The largest absolute Gasteiger partial charge is 0.319 e. The Balaban J connectivity index is 2.21. The minimum Gasteiger partial charge on any atom is -0.319 e. The molecule has 1 nitrogen and oxygen atoms in total. The van der Waals surface area contributed by atoms with E-state index in [4.69, 9.17) is 11.6 Å². The number of benzene rings is 2. The normalized spacial score (nSPS) is 12.4. The molecule has 0 saturated heterocycles. The maximum atomic E-state index is 13.7. The Bertz CT molecular complexity index is 525. The molecule has 1 atom stereocenters. The van der Waals surface area contributed by atoms with Crippen LogP contribution in [0.1, 0.15) is 17.0 Å². The summed E-state index contributed by atoms with van der Waals surface area (Å²) in [5.41, 5.74) is 1.92. The summed E-state index contributed by atoms with van der Waals surface area (Å²) in [5, 5.41) is 3.89. The molecule has 2 rings (SSSR count). The molecule has 2 aromatic rings. The Morgan fingerprint density at radius 1 is 1.11 bits per heavy atom. The number of nitrogens with one attached hydrogen (secondary N) is 1. The van der Waals surface area contributed by atoms with Gasteiger partial charge in [-0.05, 0) is 42.8 Å². The zero-order chi connectivity index (χ0) is 13.7. The van der Waals surface area contributed by atoms with Crippen LogP contribution in [0.5, 0.6) is 0 Å². The number of rotatable bonds is 5. The van der Waals surface area contributed by atoms with Crippen molar-refractivity contribution in [3.05, 3.63) is 70.5 Å². The fourth-order valence-corrected chi connectivity index (χ4v) is 2.34. The average Bonchev–Trinajstić information content (AvgIpc) is 2.42. The van der Waals surface area contributed by atoms with Crippen LogP contribution >= 0.6 is 11.6 Å². The minimum absolute atomic E-state index is 0.141. The summed E-state index contributed by atoms with van der Waals surface area (Å²) in [5.74, 6) is 0.0942. The second-order valence-corrected chi connectivity index (χ2v) is 5.04. The summed E-state index contributed by atoms with van der Waals surface area (Å²) < 4.78 is 13.7. The van der Waals surface area contributed by atoms with Crippen LogP contribution in [-0.4, -0.2) is 13.6 Å². The van der Waals surface area contributed by atoms with Gasteiger partial charge in [-0.15, -0.1) is 0 Å². The number of likely N-dealkylation sites (N-methyl/N-ethyl adjacent to an activating group) is 1. The Morgan fingerprint density at radius 3 is 2.42 bits per heavy atom. The van der Waals surface area contributed by atoms with Crippen LogP contribution in [-0.2, 0) is 6.42 Å². The van der Waals surface area contributed by atoms with E-state index in [9.17, 15) is 4.39 Å². The summed E-state index contributed by atoms with van der Waals surface area (Å²) in [7, 11) is 1.91. The van der Waals surface area contributed by atoms with Crippen molar-refractivity contribution in [3.8, 4) is 0 Å². The van der Waals surface area contributed by atoms with E-state index in [1.807, 2.05) is 43.4 Å². The van der Waals surface area contributed by atoms with Gasteiger partial charge in [0.15, 0.2) is 0 Å². The topological polar surface area (TPSA) is 12.0 Å².